The van der Waals surface area contributed by atoms with Crippen molar-refractivity contribution < 1.29 is 13.2 Å². The van der Waals surface area contributed by atoms with Gasteiger partial charge in [-0.05, 0) is 47.2 Å². The Labute approximate surface area is 178 Å². The number of thiophene rings is 2. The van der Waals surface area contributed by atoms with Crippen LogP contribution in [-0.4, -0.2) is 37.1 Å². The maximum Gasteiger partial charge on any atom is 0.243 e. The van der Waals surface area contributed by atoms with Crippen molar-refractivity contribution in [3.8, 4) is 6.07 Å². The Morgan fingerprint density at radius 3 is 2.00 bits per heavy atom. The number of likely N-dealkylation sites (N-methyl/N-ethyl adjacent to an activating group) is 1. The second-order valence-corrected chi connectivity index (χ2v) is 10.4. The molecule has 3 aromatic rings. The highest BCUT2D eigenvalue weighted by atomic mass is 32.2. The molecule has 0 bridgehead atoms. The van der Waals surface area contributed by atoms with Crippen LogP contribution in [0.3, 0.4) is 0 Å². The van der Waals surface area contributed by atoms with Gasteiger partial charge in [0.1, 0.15) is 0 Å². The van der Waals surface area contributed by atoms with Gasteiger partial charge in [0.2, 0.25) is 15.9 Å². The van der Waals surface area contributed by atoms with E-state index >= 15 is 0 Å². The minimum absolute atomic E-state index is 0.0508. The Bertz CT molecular complexity index is 1050. The van der Waals surface area contributed by atoms with Gasteiger partial charge in [-0.1, -0.05) is 12.1 Å². The van der Waals surface area contributed by atoms with E-state index in [1.165, 1.54) is 31.3 Å². The van der Waals surface area contributed by atoms with Crippen molar-refractivity contribution in [2.24, 2.45) is 0 Å². The van der Waals surface area contributed by atoms with Crippen LogP contribution < -0.4 is 0 Å². The molecule has 0 aliphatic carbocycles. The van der Waals surface area contributed by atoms with Gasteiger partial charge >= 0.3 is 0 Å². The molecule has 0 radical (unpaired) electrons. The van der Waals surface area contributed by atoms with E-state index in [4.69, 9.17) is 5.26 Å². The first-order valence-electron chi connectivity index (χ1n) is 8.69. The average Bonchev–Trinajstić information content (AvgIpc) is 3.41. The lowest BCUT2D eigenvalue weighted by Gasteiger charge is -2.25. The third-order valence-corrected chi connectivity index (χ3v) is 7.80. The zero-order valence-corrected chi connectivity index (χ0v) is 18.1. The predicted octanol–water partition coefficient (Wildman–Crippen LogP) is 3.53. The number of carbonyl (C=O) groups is 1. The SMILES string of the molecule is CN(CC(=O)N(Cc1cccs1)Cc1cccs1)S(=O)(=O)c1ccc(C#N)cc1. The summed E-state index contributed by atoms with van der Waals surface area (Å²) in [5.74, 6) is -0.272. The lowest BCUT2D eigenvalue weighted by molar-refractivity contribution is -0.132. The van der Waals surface area contributed by atoms with Crippen LogP contribution in [0.15, 0.2) is 64.2 Å². The van der Waals surface area contributed by atoms with Gasteiger partial charge in [0, 0.05) is 16.8 Å². The highest BCUT2D eigenvalue weighted by Gasteiger charge is 2.25. The van der Waals surface area contributed by atoms with Crippen LogP contribution in [0.2, 0.25) is 0 Å². The van der Waals surface area contributed by atoms with Crippen LogP contribution in [0.25, 0.3) is 0 Å². The summed E-state index contributed by atoms with van der Waals surface area (Å²) in [6.45, 7) is 0.595. The zero-order valence-electron chi connectivity index (χ0n) is 15.7. The summed E-state index contributed by atoms with van der Waals surface area (Å²) in [5, 5.41) is 12.8. The van der Waals surface area contributed by atoms with Gasteiger partial charge in [0.25, 0.3) is 0 Å². The predicted molar refractivity (Wildman–Crippen MR) is 114 cm³/mol. The minimum Gasteiger partial charge on any atom is -0.331 e. The molecule has 1 amide bonds. The standard InChI is InChI=1S/C20H19N3O3S3/c1-22(29(25,26)19-8-6-16(12-21)7-9-19)15-20(24)23(13-17-4-2-10-27-17)14-18-5-3-11-28-18/h2-11H,13-15H2,1H3. The smallest absolute Gasteiger partial charge is 0.243 e. The maximum absolute atomic E-state index is 13.0. The molecule has 0 unspecified atom stereocenters. The van der Waals surface area contributed by atoms with Crippen LogP contribution >= 0.6 is 22.7 Å². The summed E-state index contributed by atoms with van der Waals surface area (Å²) in [5.41, 5.74) is 0.376. The number of hydrogen-bond acceptors (Lipinski definition) is 6. The first kappa shape index (κ1) is 21.2. The highest BCUT2D eigenvalue weighted by molar-refractivity contribution is 7.89. The third kappa shape index (κ3) is 5.31. The number of nitrogens with zero attached hydrogens (tertiary/aromatic N) is 3. The highest BCUT2D eigenvalue weighted by Crippen LogP contribution is 2.19. The Kier molecular flexibility index (Phi) is 6.82. The van der Waals surface area contributed by atoms with Crippen LogP contribution in [0, 0.1) is 11.3 Å². The van der Waals surface area contributed by atoms with Crippen molar-refractivity contribution in [1.82, 2.24) is 9.21 Å². The molecule has 1 aromatic carbocycles. The maximum atomic E-state index is 13.0. The molecular formula is C20H19N3O3S3. The molecule has 0 saturated carbocycles. The third-order valence-electron chi connectivity index (χ3n) is 4.26. The van der Waals surface area contributed by atoms with E-state index in [-0.39, 0.29) is 17.3 Å². The van der Waals surface area contributed by atoms with Crippen LogP contribution in [-0.2, 0) is 27.9 Å². The van der Waals surface area contributed by atoms with E-state index in [1.807, 2.05) is 41.1 Å². The van der Waals surface area contributed by atoms with Crippen molar-refractivity contribution in [2.45, 2.75) is 18.0 Å². The summed E-state index contributed by atoms with van der Waals surface area (Å²) in [6, 6.07) is 15.4. The van der Waals surface area contributed by atoms with Gasteiger partial charge in [-0.3, -0.25) is 4.79 Å². The lowest BCUT2D eigenvalue weighted by Crippen LogP contribution is -2.40. The van der Waals surface area contributed by atoms with Crippen molar-refractivity contribution in [3.05, 3.63) is 74.6 Å². The summed E-state index contributed by atoms with van der Waals surface area (Å²) in [6.07, 6.45) is 0. The fourth-order valence-corrected chi connectivity index (χ4v) is 5.23. The van der Waals surface area contributed by atoms with E-state index < -0.39 is 10.0 Å². The van der Waals surface area contributed by atoms with E-state index in [9.17, 15) is 13.2 Å². The summed E-state index contributed by atoms with van der Waals surface area (Å²) < 4.78 is 26.6. The van der Waals surface area contributed by atoms with Gasteiger partial charge < -0.3 is 4.90 Å². The lowest BCUT2D eigenvalue weighted by atomic mass is 10.2. The molecule has 29 heavy (non-hydrogen) atoms. The molecule has 150 valence electrons. The fraction of sp³-hybridized carbons (Fsp3) is 0.200. The van der Waals surface area contributed by atoms with E-state index in [1.54, 1.807) is 27.6 Å². The van der Waals surface area contributed by atoms with Gasteiger partial charge in [-0.25, -0.2) is 8.42 Å². The molecule has 6 nitrogen and oxygen atoms in total. The molecule has 0 atom stereocenters. The molecule has 0 fully saturated rings. The Balaban J connectivity index is 1.75. The van der Waals surface area contributed by atoms with Crippen molar-refractivity contribution >= 4 is 38.6 Å². The fourth-order valence-electron chi connectivity index (χ4n) is 2.67. The van der Waals surface area contributed by atoms with Crippen LogP contribution in [0.1, 0.15) is 15.3 Å². The Hall–Kier alpha value is -2.51. The topological polar surface area (TPSA) is 81.5 Å². The minimum atomic E-state index is -3.83. The molecule has 0 aliphatic rings. The second-order valence-electron chi connectivity index (χ2n) is 6.31. The van der Waals surface area contributed by atoms with E-state index in [2.05, 4.69) is 0 Å². The molecule has 0 aliphatic heterocycles. The number of carbonyl (C=O) groups excluding carboxylic acids is 1. The number of sulfonamides is 1. The van der Waals surface area contributed by atoms with E-state index in [0.29, 0.717) is 18.7 Å². The van der Waals surface area contributed by atoms with Gasteiger partial charge in [-0.15, -0.1) is 22.7 Å². The molecule has 2 heterocycles. The number of nitriles is 1. The number of hydrogen-bond donors (Lipinski definition) is 0. The molecule has 0 spiro atoms. The molecular weight excluding hydrogens is 426 g/mol. The normalized spacial score (nSPS) is 11.3. The average molecular weight is 446 g/mol. The first-order valence-corrected chi connectivity index (χ1v) is 11.9. The van der Waals surface area contributed by atoms with Gasteiger partial charge in [0.05, 0.1) is 36.2 Å². The van der Waals surface area contributed by atoms with E-state index in [0.717, 1.165) is 14.1 Å². The Morgan fingerprint density at radius 1 is 1.00 bits per heavy atom. The van der Waals surface area contributed by atoms with Gasteiger partial charge in [-0.2, -0.15) is 9.57 Å². The molecule has 3 rings (SSSR count). The molecule has 2 aromatic heterocycles. The van der Waals surface area contributed by atoms with Gasteiger partial charge in [0.15, 0.2) is 0 Å². The molecule has 9 heteroatoms. The summed E-state index contributed by atoms with van der Waals surface area (Å²) >= 11 is 3.11. The van der Waals surface area contributed by atoms with Crippen LogP contribution in [0.5, 0.6) is 0 Å². The quantitative estimate of drug-likeness (QED) is 0.531. The van der Waals surface area contributed by atoms with Crippen molar-refractivity contribution in [1.29, 1.82) is 5.26 Å². The number of rotatable bonds is 8. The molecule has 0 N–H and O–H groups in total. The second kappa shape index (κ2) is 9.33. The summed E-state index contributed by atoms with van der Waals surface area (Å²) in [4.78, 5) is 16.8. The first-order chi connectivity index (χ1) is 13.9. The molecule has 0 saturated heterocycles. The largest absolute Gasteiger partial charge is 0.331 e. The van der Waals surface area contributed by atoms with Crippen molar-refractivity contribution in [3.63, 3.8) is 0 Å². The number of benzene rings is 1. The monoisotopic (exact) mass is 445 g/mol. The Morgan fingerprint density at radius 2 is 1.55 bits per heavy atom. The zero-order chi connectivity index (χ0) is 20.9. The van der Waals surface area contributed by atoms with Crippen LogP contribution in [0.4, 0.5) is 0 Å². The van der Waals surface area contributed by atoms with Crippen molar-refractivity contribution in [2.75, 3.05) is 13.6 Å². The summed E-state index contributed by atoms with van der Waals surface area (Å²) in [7, 11) is -2.45. The number of amides is 1.